The van der Waals surface area contributed by atoms with Crippen molar-refractivity contribution < 1.29 is 0 Å². The number of nitrogens with two attached hydrogens (primary N) is 1. The Labute approximate surface area is 98.7 Å². The largest absolute Gasteiger partial charge is 0.373 e. The molecule has 0 fully saturated rings. The normalized spacial score (nSPS) is 12.9. The van der Waals surface area contributed by atoms with E-state index >= 15 is 0 Å². The van der Waals surface area contributed by atoms with Gasteiger partial charge in [-0.05, 0) is 24.5 Å². The molecule has 0 bridgehead atoms. The lowest BCUT2D eigenvalue weighted by Crippen LogP contribution is -2.22. The van der Waals surface area contributed by atoms with Crippen LogP contribution in [0, 0.1) is 5.92 Å². The van der Waals surface area contributed by atoms with Crippen molar-refractivity contribution in [3.05, 3.63) is 24.0 Å². The fourth-order valence-electron chi connectivity index (χ4n) is 1.70. The minimum absolute atomic E-state index is 0.0597. The van der Waals surface area contributed by atoms with E-state index in [0.29, 0.717) is 5.92 Å². The Morgan fingerprint density at radius 3 is 2.50 bits per heavy atom. The number of pyridine rings is 1. The molecule has 1 rings (SSSR count). The molecule has 1 aromatic heterocycles. The van der Waals surface area contributed by atoms with Gasteiger partial charge in [-0.15, -0.1) is 0 Å². The van der Waals surface area contributed by atoms with Gasteiger partial charge in [0, 0.05) is 19.6 Å². The van der Waals surface area contributed by atoms with Gasteiger partial charge in [-0.2, -0.15) is 0 Å². The first-order chi connectivity index (χ1) is 7.54. The molecule has 0 radical (unpaired) electrons. The summed E-state index contributed by atoms with van der Waals surface area (Å²) in [5.74, 6) is 0.655. The van der Waals surface area contributed by atoms with Crippen molar-refractivity contribution in [1.29, 1.82) is 0 Å². The number of hydrogen-bond acceptors (Lipinski definition) is 3. The second-order valence-electron chi connectivity index (χ2n) is 4.73. The Balaban J connectivity index is 2.70. The third-order valence-electron chi connectivity index (χ3n) is 2.67. The first-order valence-corrected chi connectivity index (χ1v) is 5.97. The van der Waals surface area contributed by atoms with E-state index in [2.05, 4.69) is 43.8 Å². The molecule has 0 unspecified atom stereocenters. The number of aromatic nitrogens is 1. The Morgan fingerprint density at radius 2 is 2.06 bits per heavy atom. The zero-order chi connectivity index (χ0) is 12.1. The van der Waals surface area contributed by atoms with E-state index in [0.717, 1.165) is 24.3 Å². The third kappa shape index (κ3) is 3.49. The quantitative estimate of drug-likeness (QED) is 0.831. The monoisotopic (exact) mass is 221 g/mol. The Morgan fingerprint density at radius 1 is 1.38 bits per heavy atom. The van der Waals surface area contributed by atoms with Crippen LogP contribution in [0.1, 0.15) is 38.9 Å². The van der Waals surface area contributed by atoms with Gasteiger partial charge < -0.3 is 10.6 Å². The molecule has 0 aliphatic heterocycles. The van der Waals surface area contributed by atoms with Crippen LogP contribution in [0.3, 0.4) is 0 Å². The molecule has 0 saturated carbocycles. The molecule has 90 valence electrons. The van der Waals surface area contributed by atoms with Crippen LogP contribution in [-0.4, -0.2) is 18.6 Å². The van der Waals surface area contributed by atoms with Gasteiger partial charge in [0.1, 0.15) is 0 Å². The van der Waals surface area contributed by atoms with E-state index in [4.69, 9.17) is 5.73 Å². The Bertz CT molecular complexity index is 305. The van der Waals surface area contributed by atoms with Crippen molar-refractivity contribution in [3.63, 3.8) is 0 Å². The van der Waals surface area contributed by atoms with Crippen LogP contribution in [0.25, 0.3) is 0 Å². The molecule has 16 heavy (non-hydrogen) atoms. The summed E-state index contributed by atoms with van der Waals surface area (Å²) in [4.78, 5) is 6.63. The summed E-state index contributed by atoms with van der Waals surface area (Å²) in [5, 5.41) is 0. The zero-order valence-corrected chi connectivity index (χ0v) is 10.8. The molecule has 1 aromatic rings. The summed E-state index contributed by atoms with van der Waals surface area (Å²) in [6.45, 7) is 7.54. The van der Waals surface area contributed by atoms with Crippen molar-refractivity contribution >= 4 is 5.69 Å². The molecule has 1 atom stereocenters. The molecular weight excluding hydrogens is 198 g/mol. The summed E-state index contributed by atoms with van der Waals surface area (Å²) in [6.07, 6.45) is 2.83. The molecule has 0 aliphatic rings. The number of nitrogens with zero attached hydrogens (tertiary/aromatic N) is 2. The molecule has 0 aliphatic carbocycles. The van der Waals surface area contributed by atoms with Gasteiger partial charge in [0.15, 0.2) is 0 Å². The molecule has 0 spiro atoms. The highest BCUT2D eigenvalue weighted by Gasteiger charge is 2.07. The van der Waals surface area contributed by atoms with E-state index < -0.39 is 0 Å². The highest BCUT2D eigenvalue weighted by Crippen LogP contribution is 2.16. The maximum Gasteiger partial charge on any atom is 0.0572 e. The van der Waals surface area contributed by atoms with Crippen LogP contribution in [0.5, 0.6) is 0 Å². The number of hydrogen-bond donors (Lipinski definition) is 1. The lowest BCUT2D eigenvalue weighted by molar-refractivity contribution is 0.636. The first-order valence-electron chi connectivity index (χ1n) is 5.97. The van der Waals surface area contributed by atoms with Gasteiger partial charge in [0.25, 0.3) is 0 Å². The van der Waals surface area contributed by atoms with Gasteiger partial charge in [0.05, 0.1) is 17.6 Å². The number of rotatable bonds is 5. The predicted molar refractivity (Wildman–Crippen MR) is 69.6 cm³/mol. The van der Waals surface area contributed by atoms with E-state index in [1.165, 1.54) is 0 Å². The average Bonchev–Trinajstić information content (AvgIpc) is 2.27. The summed E-state index contributed by atoms with van der Waals surface area (Å²) < 4.78 is 0. The minimum atomic E-state index is 0.0597. The Kier molecular flexibility index (Phi) is 4.74. The first kappa shape index (κ1) is 13.0. The summed E-state index contributed by atoms with van der Waals surface area (Å²) >= 11 is 0. The third-order valence-corrected chi connectivity index (χ3v) is 2.67. The van der Waals surface area contributed by atoms with Gasteiger partial charge in [-0.3, -0.25) is 4.98 Å². The summed E-state index contributed by atoms with van der Waals surface area (Å²) in [5.41, 5.74) is 8.05. The molecule has 3 heteroatoms. The van der Waals surface area contributed by atoms with Crippen molar-refractivity contribution in [2.24, 2.45) is 11.7 Å². The van der Waals surface area contributed by atoms with Gasteiger partial charge in [0.2, 0.25) is 0 Å². The lowest BCUT2D eigenvalue weighted by Gasteiger charge is -2.21. The molecule has 0 saturated heterocycles. The molecular formula is C13H23N3. The van der Waals surface area contributed by atoms with Crippen molar-refractivity contribution in [2.75, 3.05) is 18.5 Å². The lowest BCUT2D eigenvalue weighted by atomic mass is 10.1. The molecule has 0 aromatic carbocycles. The van der Waals surface area contributed by atoms with Crippen molar-refractivity contribution in [1.82, 2.24) is 4.98 Å². The maximum atomic E-state index is 5.93. The fourth-order valence-corrected chi connectivity index (χ4v) is 1.70. The summed E-state index contributed by atoms with van der Waals surface area (Å²) in [6, 6.07) is 4.19. The second-order valence-corrected chi connectivity index (χ2v) is 4.73. The highest BCUT2D eigenvalue weighted by atomic mass is 15.1. The van der Waals surface area contributed by atoms with E-state index in [1.54, 1.807) is 0 Å². The Hall–Kier alpha value is -1.09. The van der Waals surface area contributed by atoms with Crippen LogP contribution >= 0.6 is 0 Å². The average molecular weight is 221 g/mol. The molecule has 3 nitrogen and oxygen atoms in total. The van der Waals surface area contributed by atoms with Crippen molar-refractivity contribution in [2.45, 2.75) is 33.2 Å². The number of anilines is 1. The second kappa shape index (κ2) is 5.85. The predicted octanol–water partition coefficient (Wildman–Crippen LogP) is 2.58. The standard InChI is InChI=1S/C13H23N3/c1-5-12(14)13-7-6-11(8-15-13)16(4)9-10(2)3/h6-8,10,12H,5,9,14H2,1-4H3/t12-/m0/s1. The van der Waals surface area contributed by atoms with E-state index in [9.17, 15) is 0 Å². The zero-order valence-electron chi connectivity index (χ0n) is 10.8. The summed E-state index contributed by atoms with van der Waals surface area (Å²) in [7, 11) is 2.09. The fraction of sp³-hybridized carbons (Fsp3) is 0.615. The minimum Gasteiger partial charge on any atom is -0.373 e. The van der Waals surface area contributed by atoms with Crippen LogP contribution in [-0.2, 0) is 0 Å². The van der Waals surface area contributed by atoms with Crippen LogP contribution in [0.15, 0.2) is 18.3 Å². The smallest absolute Gasteiger partial charge is 0.0572 e. The van der Waals surface area contributed by atoms with Crippen LogP contribution in [0.2, 0.25) is 0 Å². The van der Waals surface area contributed by atoms with Gasteiger partial charge >= 0.3 is 0 Å². The molecule has 2 N–H and O–H groups in total. The van der Waals surface area contributed by atoms with Crippen LogP contribution in [0.4, 0.5) is 5.69 Å². The SMILES string of the molecule is CC[C@H](N)c1ccc(N(C)CC(C)C)cn1. The molecule has 0 amide bonds. The maximum absolute atomic E-state index is 5.93. The van der Waals surface area contributed by atoms with E-state index in [-0.39, 0.29) is 6.04 Å². The van der Waals surface area contributed by atoms with Gasteiger partial charge in [-0.25, -0.2) is 0 Å². The topological polar surface area (TPSA) is 42.1 Å². The van der Waals surface area contributed by atoms with Crippen LogP contribution < -0.4 is 10.6 Å². The van der Waals surface area contributed by atoms with Crippen molar-refractivity contribution in [3.8, 4) is 0 Å². The highest BCUT2D eigenvalue weighted by molar-refractivity contribution is 5.43. The van der Waals surface area contributed by atoms with E-state index in [1.807, 2.05) is 12.3 Å². The molecule has 1 heterocycles. The van der Waals surface area contributed by atoms with Gasteiger partial charge in [-0.1, -0.05) is 20.8 Å².